The van der Waals surface area contributed by atoms with E-state index in [1.807, 2.05) is 26.8 Å². The highest BCUT2D eigenvalue weighted by Crippen LogP contribution is 2.26. The van der Waals surface area contributed by atoms with E-state index in [1.165, 1.54) is 31.1 Å². The molecule has 0 aliphatic carbocycles. The molecule has 0 bridgehead atoms. The van der Waals surface area contributed by atoms with Gasteiger partial charge >= 0.3 is 10.2 Å². The first-order chi connectivity index (χ1) is 17.3. The third-order valence-corrected chi connectivity index (χ3v) is 8.11. The van der Waals surface area contributed by atoms with Gasteiger partial charge in [-0.15, -0.1) is 0 Å². The molecule has 0 unspecified atom stereocenters. The second-order valence-corrected chi connectivity index (χ2v) is 11.5. The number of hydrogen-bond acceptors (Lipinski definition) is 4. The fraction of sp³-hybridized carbons (Fsp3) is 0.481. The third kappa shape index (κ3) is 7.75. The minimum Gasteiger partial charge on any atom is -0.352 e. The van der Waals surface area contributed by atoms with Gasteiger partial charge in [-0.25, -0.2) is 8.70 Å². The molecule has 0 aliphatic rings. The summed E-state index contributed by atoms with van der Waals surface area (Å²) in [6.45, 7) is 8.77. The number of nitrogens with one attached hydrogen (secondary N) is 1. The Bertz CT molecular complexity index is 1190. The molecule has 1 N–H and O–H groups in total. The van der Waals surface area contributed by atoms with Crippen molar-refractivity contribution in [3.63, 3.8) is 0 Å². The first-order valence-corrected chi connectivity index (χ1v) is 13.8. The molecule has 204 valence electrons. The second-order valence-electron chi connectivity index (χ2n) is 9.48. The fourth-order valence-corrected chi connectivity index (χ4v) is 4.95. The van der Waals surface area contributed by atoms with Crippen LogP contribution in [-0.4, -0.2) is 62.2 Å². The molecule has 8 nitrogen and oxygen atoms in total. The number of carbonyl (C=O) groups is 2. The molecule has 37 heavy (non-hydrogen) atoms. The molecule has 2 rings (SSSR count). The van der Waals surface area contributed by atoms with Crippen molar-refractivity contribution < 1.29 is 22.4 Å². The third-order valence-electron chi connectivity index (χ3n) is 6.31. The Labute approximate surface area is 220 Å². The van der Waals surface area contributed by atoms with Crippen molar-refractivity contribution in [3.05, 3.63) is 65.0 Å². The van der Waals surface area contributed by atoms with E-state index in [0.29, 0.717) is 23.2 Å². The Hall–Kier alpha value is -2.98. The largest absolute Gasteiger partial charge is 0.352 e. The van der Waals surface area contributed by atoms with Crippen LogP contribution in [0.1, 0.15) is 50.3 Å². The summed E-state index contributed by atoms with van der Waals surface area (Å²) >= 11 is 0. The standard InChI is InChI=1S/C27H39FN4O4S/c1-8-21(5)29-27(34)24(9-2)31(17-22-12-14-23(28)15-13-22)26(33)18-32(37(35,36)30(6)7)25-16-19(3)10-11-20(25)4/h10-16,21,24H,8-9,17-18H2,1-7H3,(H,29,34)/t21-,24-/m1/s1. The smallest absolute Gasteiger partial charge is 0.304 e. The van der Waals surface area contributed by atoms with E-state index in [0.717, 1.165) is 20.6 Å². The van der Waals surface area contributed by atoms with Gasteiger partial charge in [-0.1, -0.05) is 38.1 Å². The number of aryl methyl sites for hydroxylation is 2. The Kier molecular flexibility index (Phi) is 10.6. The van der Waals surface area contributed by atoms with E-state index >= 15 is 0 Å². The Morgan fingerprint density at radius 1 is 1.00 bits per heavy atom. The van der Waals surface area contributed by atoms with Crippen molar-refractivity contribution >= 4 is 27.7 Å². The van der Waals surface area contributed by atoms with Crippen LogP contribution >= 0.6 is 0 Å². The predicted molar refractivity (Wildman–Crippen MR) is 145 cm³/mol. The molecule has 2 atom stereocenters. The maximum Gasteiger partial charge on any atom is 0.304 e. The van der Waals surface area contributed by atoms with Crippen molar-refractivity contribution in [1.29, 1.82) is 0 Å². The lowest BCUT2D eigenvalue weighted by molar-refractivity contribution is -0.140. The topological polar surface area (TPSA) is 90.0 Å². The van der Waals surface area contributed by atoms with E-state index < -0.39 is 34.5 Å². The zero-order valence-corrected chi connectivity index (χ0v) is 23.6. The molecule has 0 fully saturated rings. The molecule has 2 amide bonds. The molecule has 2 aromatic carbocycles. The molecule has 0 radical (unpaired) electrons. The molecule has 0 spiro atoms. The van der Waals surface area contributed by atoms with Crippen LogP contribution in [0.3, 0.4) is 0 Å². The number of nitrogens with zero attached hydrogens (tertiary/aromatic N) is 3. The average molecular weight is 535 g/mol. The molecular weight excluding hydrogens is 495 g/mol. The number of hydrogen-bond donors (Lipinski definition) is 1. The summed E-state index contributed by atoms with van der Waals surface area (Å²) in [5.74, 6) is -1.27. The summed E-state index contributed by atoms with van der Waals surface area (Å²) in [5.41, 5.74) is 2.55. The van der Waals surface area contributed by atoms with Gasteiger partial charge in [-0.05, 0) is 68.5 Å². The molecule has 0 aromatic heterocycles. The lowest BCUT2D eigenvalue weighted by atomic mass is 10.1. The van der Waals surface area contributed by atoms with Crippen LogP contribution in [0.2, 0.25) is 0 Å². The van der Waals surface area contributed by atoms with E-state index in [4.69, 9.17) is 0 Å². The molecule has 0 saturated heterocycles. The monoisotopic (exact) mass is 534 g/mol. The van der Waals surface area contributed by atoms with Crippen molar-refractivity contribution in [2.24, 2.45) is 0 Å². The van der Waals surface area contributed by atoms with Gasteiger partial charge < -0.3 is 10.2 Å². The fourth-order valence-electron chi connectivity index (χ4n) is 3.84. The summed E-state index contributed by atoms with van der Waals surface area (Å²) in [6, 6.07) is 10.1. The van der Waals surface area contributed by atoms with Crippen LogP contribution in [0.15, 0.2) is 42.5 Å². The summed E-state index contributed by atoms with van der Waals surface area (Å²) in [6.07, 6.45) is 1.04. The molecule has 0 saturated carbocycles. The number of benzene rings is 2. The van der Waals surface area contributed by atoms with E-state index in [1.54, 1.807) is 38.1 Å². The van der Waals surface area contributed by atoms with Gasteiger partial charge in [0.2, 0.25) is 11.8 Å². The van der Waals surface area contributed by atoms with Crippen LogP contribution in [-0.2, 0) is 26.3 Å². The van der Waals surface area contributed by atoms with Crippen LogP contribution in [0.5, 0.6) is 0 Å². The van der Waals surface area contributed by atoms with Gasteiger partial charge in [0.05, 0.1) is 5.69 Å². The van der Waals surface area contributed by atoms with Crippen molar-refractivity contribution in [2.45, 2.75) is 66.1 Å². The summed E-state index contributed by atoms with van der Waals surface area (Å²) in [7, 11) is -1.23. The first kappa shape index (κ1) is 30.2. The lowest BCUT2D eigenvalue weighted by Gasteiger charge is -2.34. The molecule has 2 aromatic rings. The van der Waals surface area contributed by atoms with E-state index in [2.05, 4.69) is 5.32 Å². The highest BCUT2D eigenvalue weighted by Gasteiger charge is 2.34. The highest BCUT2D eigenvalue weighted by molar-refractivity contribution is 7.90. The van der Waals surface area contributed by atoms with Crippen molar-refractivity contribution in [2.75, 3.05) is 24.9 Å². The molecular formula is C27H39FN4O4S. The van der Waals surface area contributed by atoms with Crippen molar-refractivity contribution in [1.82, 2.24) is 14.5 Å². The van der Waals surface area contributed by atoms with Gasteiger partial charge in [0.1, 0.15) is 18.4 Å². The van der Waals surface area contributed by atoms with E-state index in [9.17, 15) is 22.4 Å². The zero-order chi connectivity index (χ0) is 27.9. The predicted octanol–water partition coefficient (Wildman–Crippen LogP) is 3.78. The maximum absolute atomic E-state index is 13.9. The van der Waals surface area contributed by atoms with Crippen LogP contribution in [0, 0.1) is 19.7 Å². The summed E-state index contributed by atoms with van der Waals surface area (Å²) in [5, 5.41) is 2.93. The minimum atomic E-state index is -4.04. The quantitative estimate of drug-likeness (QED) is 0.449. The number of amides is 2. The number of halogens is 1. The van der Waals surface area contributed by atoms with Gasteiger partial charge in [0.15, 0.2) is 0 Å². The Morgan fingerprint density at radius 2 is 1.62 bits per heavy atom. The first-order valence-electron chi connectivity index (χ1n) is 12.4. The Morgan fingerprint density at radius 3 is 2.16 bits per heavy atom. The van der Waals surface area contributed by atoms with Crippen LogP contribution in [0.25, 0.3) is 0 Å². The average Bonchev–Trinajstić information content (AvgIpc) is 2.84. The maximum atomic E-state index is 13.9. The number of carbonyl (C=O) groups excluding carboxylic acids is 2. The van der Waals surface area contributed by atoms with Gasteiger partial charge in [-0.3, -0.25) is 9.59 Å². The van der Waals surface area contributed by atoms with Gasteiger partial charge in [0.25, 0.3) is 0 Å². The van der Waals surface area contributed by atoms with Crippen LogP contribution < -0.4 is 9.62 Å². The highest BCUT2D eigenvalue weighted by atomic mass is 32.2. The second kappa shape index (κ2) is 13.0. The lowest BCUT2D eigenvalue weighted by Crippen LogP contribution is -2.54. The normalized spacial score (nSPS) is 13.2. The number of anilines is 1. The SMILES string of the molecule is CC[C@@H](C)NC(=O)[C@@H](CC)N(Cc1ccc(F)cc1)C(=O)CN(c1cc(C)ccc1C)S(=O)(=O)N(C)C. The van der Waals surface area contributed by atoms with Crippen LogP contribution in [0.4, 0.5) is 10.1 Å². The Balaban J connectivity index is 2.55. The van der Waals surface area contributed by atoms with Gasteiger partial charge in [-0.2, -0.15) is 12.7 Å². The van der Waals surface area contributed by atoms with E-state index in [-0.39, 0.29) is 18.5 Å². The molecule has 0 heterocycles. The minimum absolute atomic E-state index is 0.0220. The zero-order valence-electron chi connectivity index (χ0n) is 22.8. The molecule has 0 aliphatic heterocycles. The summed E-state index contributed by atoms with van der Waals surface area (Å²) < 4.78 is 42.4. The van der Waals surface area contributed by atoms with Crippen molar-refractivity contribution in [3.8, 4) is 0 Å². The number of rotatable bonds is 12. The summed E-state index contributed by atoms with van der Waals surface area (Å²) in [4.78, 5) is 28.4. The molecule has 10 heteroatoms. The van der Waals surface area contributed by atoms with Gasteiger partial charge in [0, 0.05) is 26.7 Å².